The molecule has 1 saturated carbocycles. The van der Waals surface area contributed by atoms with E-state index >= 15 is 0 Å². The second kappa shape index (κ2) is 10.7. The zero-order chi connectivity index (χ0) is 24.0. The van der Waals surface area contributed by atoms with Crippen LogP contribution in [-0.4, -0.2) is 71.6 Å². The van der Waals surface area contributed by atoms with Gasteiger partial charge in [-0.05, 0) is 12.1 Å². The van der Waals surface area contributed by atoms with Crippen molar-refractivity contribution in [3.63, 3.8) is 0 Å². The molecule has 0 heterocycles. The van der Waals surface area contributed by atoms with Gasteiger partial charge in [0.1, 0.15) is 6.10 Å². The van der Waals surface area contributed by atoms with Gasteiger partial charge in [0.05, 0.1) is 5.56 Å². The molecule has 0 saturated heterocycles. The van der Waals surface area contributed by atoms with Gasteiger partial charge in [-0.3, -0.25) is 19.2 Å². The third kappa shape index (κ3) is 6.27. The third-order valence-electron chi connectivity index (χ3n) is 4.43. The Hall–Kier alpha value is -3.47. The van der Waals surface area contributed by atoms with Crippen molar-refractivity contribution in [3.8, 4) is 0 Å². The van der Waals surface area contributed by atoms with E-state index in [0.29, 0.717) is 0 Å². The summed E-state index contributed by atoms with van der Waals surface area (Å²) in [6.07, 6.45) is -9.71. The first-order valence-corrected chi connectivity index (χ1v) is 9.64. The maximum atomic E-state index is 12.6. The summed E-state index contributed by atoms with van der Waals surface area (Å²) in [6, 6.07) is 7.74. The van der Waals surface area contributed by atoms with Crippen molar-refractivity contribution in [1.82, 2.24) is 0 Å². The molecular weight excluding hydrogens is 428 g/mol. The molecule has 6 atom stereocenters. The predicted octanol–water partition coefficient (Wildman–Crippen LogP) is 0.313. The highest BCUT2D eigenvalue weighted by atomic mass is 16.7. The van der Waals surface area contributed by atoms with Crippen molar-refractivity contribution in [2.24, 2.45) is 0 Å². The molecule has 11 heteroatoms. The summed E-state index contributed by atoms with van der Waals surface area (Å²) in [5.41, 5.74) is 0.122. The van der Waals surface area contributed by atoms with E-state index in [1.165, 1.54) is 12.1 Å². The molecular formula is C21H24O11. The summed E-state index contributed by atoms with van der Waals surface area (Å²) < 4.78 is 26.1. The number of benzene rings is 1. The maximum absolute atomic E-state index is 12.6. The first-order chi connectivity index (χ1) is 15.0. The Kier molecular flexibility index (Phi) is 8.30. The van der Waals surface area contributed by atoms with Crippen molar-refractivity contribution in [2.45, 2.75) is 64.3 Å². The average Bonchev–Trinajstić information content (AvgIpc) is 2.70. The summed E-state index contributed by atoms with van der Waals surface area (Å²) in [4.78, 5) is 59.5. The number of ether oxygens (including phenoxy) is 5. The Bertz CT molecular complexity index is 866. The lowest BCUT2D eigenvalue weighted by Gasteiger charge is -2.45. The molecule has 0 aromatic heterocycles. The molecule has 1 aromatic rings. The molecule has 2 rings (SSSR count). The van der Waals surface area contributed by atoms with Gasteiger partial charge in [-0.25, -0.2) is 4.79 Å². The van der Waals surface area contributed by atoms with Crippen LogP contribution in [0.4, 0.5) is 0 Å². The number of esters is 5. The van der Waals surface area contributed by atoms with E-state index in [1.54, 1.807) is 18.2 Å². The molecule has 0 spiro atoms. The van der Waals surface area contributed by atoms with E-state index in [4.69, 9.17) is 23.7 Å². The molecule has 6 unspecified atom stereocenters. The van der Waals surface area contributed by atoms with Crippen LogP contribution in [0.1, 0.15) is 38.1 Å². The molecule has 1 N–H and O–H groups in total. The summed E-state index contributed by atoms with van der Waals surface area (Å²) in [7, 11) is 0. The topological polar surface area (TPSA) is 152 Å². The van der Waals surface area contributed by atoms with Gasteiger partial charge in [0.2, 0.25) is 0 Å². The van der Waals surface area contributed by atoms with Crippen molar-refractivity contribution in [3.05, 3.63) is 35.9 Å². The lowest BCUT2D eigenvalue weighted by molar-refractivity contribution is -0.251. The monoisotopic (exact) mass is 452 g/mol. The average molecular weight is 452 g/mol. The minimum atomic E-state index is -1.80. The minimum absolute atomic E-state index is 0.122. The van der Waals surface area contributed by atoms with Crippen LogP contribution in [0, 0.1) is 0 Å². The highest BCUT2D eigenvalue weighted by Gasteiger charge is 2.58. The molecule has 1 aromatic carbocycles. The fourth-order valence-corrected chi connectivity index (χ4v) is 3.34. The summed E-state index contributed by atoms with van der Waals surface area (Å²) in [5.74, 6) is -4.30. The molecule has 32 heavy (non-hydrogen) atoms. The lowest BCUT2D eigenvalue weighted by Crippen LogP contribution is -2.68. The van der Waals surface area contributed by atoms with E-state index < -0.39 is 66.5 Å². The van der Waals surface area contributed by atoms with E-state index in [2.05, 4.69) is 0 Å². The van der Waals surface area contributed by atoms with Crippen LogP contribution in [-0.2, 0) is 42.9 Å². The Morgan fingerprint density at radius 2 is 0.938 bits per heavy atom. The van der Waals surface area contributed by atoms with Crippen LogP contribution in [0.25, 0.3) is 0 Å². The van der Waals surface area contributed by atoms with Crippen molar-refractivity contribution in [2.75, 3.05) is 0 Å². The standard InChI is InChI=1S/C21H24O11/c1-10(22)28-16-15(26)17(32-21(27)14-8-6-5-7-9-14)19(30-12(3)24)20(31-13(4)25)18(16)29-11(2)23/h5-9,15-20,26H,1-4H3. The van der Waals surface area contributed by atoms with Crippen LogP contribution in [0.3, 0.4) is 0 Å². The molecule has 0 radical (unpaired) electrons. The summed E-state index contributed by atoms with van der Waals surface area (Å²) >= 11 is 0. The predicted molar refractivity (Wildman–Crippen MR) is 104 cm³/mol. The largest absolute Gasteiger partial charge is 0.455 e. The van der Waals surface area contributed by atoms with Crippen molar-refractivity contribution in [1.29, 1.82) is 0 Å². The number of carbonyl (C=O) groups excluding carboxylic acids is 5. The van der Waals surface area contributed by atoms with Crippen LogP contribution in [0.2, 0.25) is 0 Å². The molecule has 11 nitrogen and oxygen atoms in total. The molecule has 0 bridgehead atoms. The number of hydrogen-bond donors (Lipinski definition) is 1. The lowest BCUT2D eigenvalue weighted by atomic mass is 9.83. The van der Waals surface area contributed by atoms with Gasteiger partial charge in [-0.1, -0.05) is 18.2 Å². The smallest absolute Gasteiger partial charge is 0.338 e. The molecule has 0 aliphatic heterocycles. The van der Waals surface area contributed by atoms with Gasteiger partial charge >= 0.3 is 29.8 Å². The number of aliphatic hydroxyl groups is 1. The second-order valence-electron chi connectivity index (χ2n) is 7.02. The second-order valence-corrected chi connectivity index (χ2v) is 7.02. The highest BCUT2D eigenvalue weighted by Crippen LogP contribution is 2.33. The Morgan fingerprint density at radius 1 is 0.594 bits per heavy atom. The molecule has 0 amide bonds. The molecule has 1 aliphatic carbocycles. The van der Waals surface area contributed by atoms with Crippen LogP contribution < -0.4 is 0 Å². The molecule has 174 valence electrons. The number of rotatable bonds is 6. The maximum Gasteiger partial charge on any atom is 0.338 e. The minimum Gasteiger partial charge on any atom is -0.455 e. The SMILES string of the molecule is CC(=O)OC1C(O)C(OC(=O)c2ccccc2)C(OC(C)=O)C(OC(C)=O)C1OC(C)=O. The zero-order valence-electron chi connectivity index (χ0n) is 17.9. The number of aliphatic hydroxyl groups excluding tert-OH is 1. The number of hydrogen-bond acceptors (Lipinski definition) is 11. The zero-order valence-corrected chi connectivity index (χ0v) is 17.9. The first-order valence-electron chi connectivity index (χ1n) is 9.64. The van der Waals surface area contributed by atoms with Gasteiger partial charge < -0.3 is 28.8 Å². The van der Waals surface area contributed by atoms with E-state index in [9.17, 15) is 29.1 Å². The Morgan fingerprint density at radius 3 is 1.34 bits per heavy atom. The fraction of sp³-hybridized carbons (Fsp3) is 0.476. The molecule has 1 aliphatic rings. The van der Waals surface area contributed by atoms with Gasteiger partial charge in [-0.15, -0.1) is 0 Å². The first kappa shape index (κ1) is 24.8. The van der Waals surface area contributed by atoms with E-state index in [1.807, 2.05) is 0 Å². The van der Waals surface area contributed by atoms with Crippen LogP contribution in [0.5, 0.6) is 0 Å². The fourth-order valence-electron chi connectivity index (χ4n) is 3.34. The number of carbonyl (C=O) groups is 5. The summed E-state index contributed by atoms with van der Waals surface area (Å²) in [6.45, 7) is 4.19. The normalized spacial score (nSPS) is 26.9. The van der Waals surface area contributed by atoms with Crippen LogP contribution in [0.15, 0.2) is 30.3 Å². The van der Waals surface area contributed by atoms with Gasteiger partial charge in [0.15, 0.2) is 30.5 Å². The van der Waals surface area contributed by atoms with Crippen molar-refractivity contribution >= 4 is 29.8 Å². The van der Waals surface area contributed by atoms with Gasteiger partial charge in [0, 0.05) is 27.7 Å². The quantitative estimate of drug-likeness (QED) is 0.469. The van der Waals surface area contributed by atoms with E-state index in [0.717, 1.165) is 27.7 Å². The van der Waals surface area contributed by atoms with E-state index in [-0.39, 0.29) is 5.56 Å². The van der Waals surface area contributed by atoms with Crippen molar-refractivity contribution < 1.29 is 52.8 Å². The summed E-state index contributed by atoms with van der Waals surface area (Å²) in [5, 5.41) is 10.9. The Labute approximate surface area is 183 Å². The molecule has 1 fully saturated rings. The van der Waals surface area contributed by atoms with Gasteiger partial charge in [0.25, 0.3) is 0 Å². The Balaban J connectivity index is 2.52. The van der Waals surface area contributed by atoms with Gasteiger partial charge in [-0.2, -0.15) is 0 Å². The van der Waals surface area contributed by atoms with Crippen LogP contribution >= 0.6 is 0 Å². The third-order valence-corrected chi connectivity index (χ3v) is 4.43. The highest BCUT2D eigenvalue weighted by molar-refractivity contribution is 5.89.